The van der Waals surface area contributed by atoms with Crippen LogP contribution in [0.1, 0.15) is 12.0 Å². The molecule has 0 aliphatic carbocycles. The Morgan fingerprint density at radius 3 is 2.87 bits per heavy atom. The topological polar surface area (TPSA) is 27.0 Å². The summed E-state index contributed by atoms with van der Waals surface area (Å²) >= 11 is 5.88. The molecule has 0 radical (unpaired) electrons. The molecule has 80 valence electrons. The average molecular weight is 227 g/mol. The van der Waals surface area contributed by atoms with E-state index in [1.807, 2.05) is 11.9 Å². The zero-order chi connectivity index (χ0) is 11.3. The zero-order valence-electron chi connectivity index (χ0n) is 8.50. The lowest BCUT2D eigenvalue weighted by Gasteiger charge is -2.15. The van der Waals surface area contributed by atoms with E-state index in [9.17, 15) is 4.39 Å². The van der Waals surface area contributed by atoms with E-state index < -0.39 is 0 Å². The van der Waals surface area contributed by atoms with E-state index in [0.29, 0.717) is 24.5 Å². The summed E-state index contributed by atoms with van der Waals surface area (Å²) in [4.78, 5) is 1.97. The van der Waals surface area contributed by atoms with Crippen LogP contribution in [0.3, 0.4) is 0 Å². The van der Waals surface area contributed by atoms with Crippen LogP contribution < -0.4 is 0 Å². The standard InChI is InChI=1S/C11H12ClFN2/c1-15(6-2-5-14)8-9-3-4-10(13)7-11(9)12/h3-4,7H,2,6,8H2,1H3. The Balaban J connectivity index is 2.61. The van der Waals surface area contributed by atoms with Crippen molar-refractivity contribution in [3.8, 4) is 6.07 Å². The Labute approximate surface area is 93.9 Å². The first-order chi connectivity index (χ1) is 7.13. The molecule has 0 atom stereocenters. The first kappa shape index (κ1) is 12.0. The summed E-state index contributed by atoms with van der Waals surface area (Å²) in [5, 5.41) is 8.85. The van der Waals surface area contributed by atoms with Gasteiger partial charge in [-0.05, 0) is 24.7 Å². The van der Waals surface area contributed by atoms with Crippen LogP contribution in [-0.4, -0.2) is 18.5 Å². The van der Waals surface area contributed by atoms with Crippen LogP contribution in [0.2, 0.25) is 5.02 Å². The summed E-state index contributed by atoms with van der Waals surface area (Å²) in [5.74, 6) is -0.330. The molecule has 0 amide bonds. The number of hydrogen-bond donors (Lipinski definition) is 0. The molecule has 0 aliphatic rings. The summed E-state index contributed by atoms with van der Waals surface area (Å²) in [6, 6.07) is 6.43. The molecule has 0 saturated carbocycles. The zero-order valence-corrected chi connectivity index (χ0v) is 9.26. The van der Waals surface area contributed by atoms with Crippen LogP contribution in [0.4, 0.5) is 4.39 Å². The third-order valence-corrected chi connectivity index (χ3v) is 2.41. The van der Waals surface area contributed by atoms with Crippen molar-refractivity contribution in [3.63, 3.8) is 0 Å². The van der Waals surface area contributed by atoms with Gasteiger partial charge in [-0.15, -0.1) is 0 Å². The molecule has 0 aromatic heterocycles. The van der Waals surface area contributed by atoms with Crippen LogP contribution in [0.15, 0.2) is 18.2 Å². The van der Waals surface area contributed by atoms with Gasteiger partial charge in [-0.1, -0.05) is 17.7 Å². The second-order valence-electron chi connectivity index (χ2n) is 3.38. The Hall–Kier alpha value is -1.11. The third kappa shape index (κ3) is 3.86. The number of hydrogen-bond acceptors (Lipinski definition) is 2. The first-order valence-electron chi connectivity index (χ1n) is 4.63. The van der Waals surface area contributed by atoms with E-state index in [1.54, 1.807) is 6.07 Å². The van der Waals surface area contributed by atoms with E-state index in [2.05, 4.69) is 6.07 Å². The van der Waals surface area contributed by atoms with Gasteiger partial charge in [0.1, 0.15) is 5.82 Å². The van der Waals surface area contributed by atoms with Crippen LogP contribution in [0.5, 0.6) is 0 Å². The predicted molar refractivity (Wildman–Crippen MR) is 58.0 cm³/mol. The van der Waals surface area contributed by atoms with Crippen molar-refractivity contribution in [2.45, 2.75) is 13.0 Å². The smallest absolute Gasteiger partial charge is 0.124 e. The largest absolute Gasteiger partial charge is 0.301 e. The molecule has 15 heavy (non-hydrogen) atoms. The second-order valence-corrected chi connectivity index (χ2v) is 3.79. The summed E-state index contributed by atoms with van der Waals surface area (Å²) in [5.41, 5.74) is 0.874. The highest BCUT2D eigenvalue weighted by Crippen LogP contribution is 2.18. The summed E-state index contributed by atoms with van der Waals surface area (Å²) in [6.07, 6.45) is 0.481. The summed E-state index contributed by atoms with van der Waals surface area (Å²) in [7, 11) is 1.90. The lowest BCUT2D eigenvalue weighted by molar-refractivity contribution is 0.335. The molecule has 0 heterocycles. The van der Waals surface area contributed by atoms with Gasteiger partial charge >= 0.3 is 0 Å². The van der Waals surface area contributed by atoms with Crippen LogP contribution in [-0.2, 0) is 6.54 Å². The number of nitriles is 1. The van der Waals surface area contributed by atoms with Crippen LogP contribution >= 0.6 is 11.6 Å². The fourth-order valence-corrected chi connectivity index (χ4v) is 1.49. The van der Waals surface area contributed by atoms with Crippen molar-refractivity contribution in [2.24, 2.45) is 0 Å². The molecule has 4 heteroatoms. The van der Waals surface area contributed by atoms with Gasteiger partial charge in [0.05, 0.1) is 6.07 Å². The normalized spacial score (nSPS) is 10.3. The Morgan fingerprint density at radius 1 is 1.53 bits per heavy atom. The fraction of sp³-hybridized carbons (Fsp3) is 0.364. The van der Waals surface area contributed by atoms with Crippen LogP contribution in [0.25, 0.3) is 0 Å². The predicted octanol–water partition coefficient (Wildman–Crippen LogP) is 2.82. The van der Waals surface area contributed by atoms with E-state index in [0.717, 1.165) is 5.56 Å². The lowest BCUT2D eigenvalue weighted by Crippen LogP contribution is -2.18. The van der Waals surface area contributed by atoms with Gasteiger partial charge in [0.25, 0.3) is 0 Å². The fourth-order valence-electron chi connectivity index (χ4n) is 1.26. The van der Waals surface area contributed by atoms with Gasteiger partial charge < -0.3 is 4.90 Å². The highest BCUT2D eigenvalue weighted by molar-refractivity contribution is 6.31. The van der Waals surface area contributed by atoms with Crippen molar-refractivity contribution in [3.05, 3.63) is 34.6 Å². The molecule has 0 aliphatic heterocycles. The Morgan fingerprint density at radius 2 is 2.27 bits per heavy atom. The SMILES string of the molecule is CN(CCC#N)Cc1ccc(F)cc1Cl. The molecule has 0 saturated heterocycles. The Bertz CT molecular complexity index is 373. The van der Waals surface area contributed by atoms with Crippen LogP contribution in [0, 0.1) is 17.1 Å². The molecule has 0 spiro atoms. The van der Waals surface area contributed by atoms with E-state index in [-0.39, 0.29) is 5.82 Å². The van der Waals surface area contributed by atoms with Gasteiger partial charge in [-0.2, -0.15) is 5.26 Å². The van der Waals surface area contributed by atoms with Gasteiger partial charge in [0.2, 0.25) is 0 Å². The van der Waals surface area contributed by atoms with Gasteiger partial charge in [0.15, 0.2) is 0 Å². The Kier molecular flexibility index (Phi) is 4.54. The monoisotopic (exact) mass is 226 g/mol. The number of benzene rings is 1. The molecular formula is C11H12ClFN2. The number of nitrogens with zero attached hydrogens (tertiary/aromatic N) is 2. The molecule has 2 nitrogen and oxygen atoms in total. The number of rotatable bonds is 4. The molecule has 0 bridgehead atoms. The number of halogens is 2. The third-order valence-electron chi connectivity index (χ3n) is 2.06. The summed E-state index contributed by atoms with van der Waals surface area (Å²) < 4.78 is 12.7. The van der Waals surface area contributed by atoms with Crippen molar-refractivity contribution in [2.75, 3.05) is 13.6 Å². The van der Waals surface area contributed by atoms with Crippen molar-refractivity contribution < 1.29 is 4.39 Å². The molecule has 1 aromatic carbocycles. The second kappa shape index (κ2) is 5.69. The highest BCUT2D eigenvalue weighted by Gasteiger charge is 2.05. The van der Waals surface area contributed by atoms with Gasteiger partial charge in [-0.25, -0.2) is 4.39 Å². The highest BCUT2D eigenvalue weighted by atomic mass is 35.5. The minimum atomic E-state index is -0.330. The maximum Gasteiger partial charge on any atom is 0.124 e. The quantitative estimate of drug-likeness (QED) is 0.790. The van der Waals surface area contributed by atoms with Crippen molar-refractivity contribution in [1.29, 1.82) is 5.26 Å². The average Bonchev–Trinajstić information content (AvgIpc) is 2.19. The van der Waals surface area contributed by atoms with E-state index in [1.165, 1.54) is 12.1 Å². The van der Waals surface area contributed by atoms with E-state index in [4.69, 9.17) is 16.9 Å². The summed E-state index contributed by atoms with van der Waals surface area (Å²) in [6.45, 7) is 1.31. The minimum absolute atomic E-state index is 0.330. The van der Waals surface area contributed by atoms with Gasteiger partial charge in [0, 0.05) is 24.5 Å². The maximum atomic E-state index is 12.7. The van der Waals surface area contributed by atoms with E-state index >= 15 is 0 Å². The van der Waals surface area contributed by atoms with Gasteiger partial charge in [-0.3, -0.25) is 0 Å². The molecule has 0 unspecified atom stereocenters. The molecule has 0 fully saturated rings. The molecular weight excluding hydrogens is 215 g/mol. The first-order valence-corrected chi connectivity index (χ1v) is 5.00. The van der Waals surface area contributed by atoms with Crippen molar-refractivity contribution in [1.82, 2.24) is 4.90 Å². The van der Waals surface area contributed by atoms with Crippen molar-refractivity contribution >= 4 is 11.6 Å². The minimum Gasteiger partial charge on any atom is -0.301 e. The molecule has 1 aromatic rings. The maximum absolute atomic E-state index is 12.7. The lowest BCUT2D eigenvalue weighted by atomic mass is 10.2. The molecule has 1 rings (SSSR count). The molecule has 0 N–H and O–H groups in total.